The first kappa shape index (κ1) is 26.4. The zero-order valence-electron chi connectivity index (χ0n) is 19.4. The van der Waals surface area contributed by atoms with Crippen LogP contribution in [0, 0.1) is 13.8 Å². The van der Waals surface area contributed by atoms with Gasteiger partial charge in [0.1, 0.15) is 17.6 Å². The number of hydrogen-bond donors (Lipinski definition) is 0. The molecular formula is C26H28O6Si2. The molecule has 2 aromatic rings. The van der Waals surface area contributed by atoms with Gasteiger partial charge < -0.3 is 0 Å². The molecule has 176 valence electrons. The molecule has 2 rings (SSSR count). The summed E-state index contributed by atoms with van der Waals surface area (Å²) >= 11 is 0. The number of aryl methyl sites for hydroxylation is 2. The third kappa shape index (κ3) is 6.56. The van der Waals surface area contributed by atoms with Crippen molar-refractivity contribution in [3.8, 4) is 0 Å². The summed E-state index contributed by atoms with van der Waals surface area (Å²) < 4.78 is 0. The molecule has 8 heteroatoms. The van der Waals surface area contributed by atoms with E-state index in [9.17, 15) is 9.59 Å². The molecule has 0 spiro atoms. The molecule has 0 fully saturated rings. The predicted octanol–water partition coefficient (Wildman–Crippen LogP) is 3.42. The van der Waals surface area contributed by atoms with Crippen LogP contribution in [0.15, 0.2) is 98.0 Å². The van der Waals surface area contributed by atoms with E-state index in [1.54, 1.807) is 47.1 Å². The Balaban J connectivity index is 2.04. The largest absolute Gasteiger partial charge is 0.386 e. The van der Waals surface area contributed by atoms with E-state index in [1.807, 2.05) is 26.0 Å². The maximum Gasteiger partial charge on any atom is 0.386 e. The minimum atomic E-state index is -1.77. The summed E-state index contributed by atoms with van der Waals surface area (Å²) in [4.78, 5) is 44.5. The maximum atomic E-state index is 12.6. The SMILES string of the molecule is C=C[SiH](C=C)c1cc(C)ccc1C(=O)OOC(=C)OOC(=O)c1ccc(C)cc1[SiH](C=C)C=C. The third-order valence-corrected chi connectivity index (χ3v) is 9.43. The fourth-order valence-electron chi connectivity index (χ4n) is 3.26. The molecule has 0 bridgehead atoms. The van der Waals surface area contributed by atoms with Crippen LogP contribution in [0.25, 0.3) is 0 Å². The van der Waals surface area contributed by atoms with Crippen LogP contribution in [0.4, 0.5) is 0 Å². The Hall–Kier alpha value is -3.89. The lowest BCUT2D eigenvalue weighted by molar-refractivity contribution is -0.317. The van der Waals surface area contributed by atoms with E-state index in [-0.39, 0.29) is 0 Å². The van der Waals surface area contributed by atoms with Crippen LogP contribution in [0.3, 0.4) is 0 Å². The summed E-state index contributed by atoms with van der Waals surface area (Å²) in [7, 11) is -3.54. The molecule has 0 N–H and O–H groups in total. The van der Waals surface area contributed by atoms with E-state index >= 15 is 0 Å². The van der Waals surface area contributed by atoms with Crippen LogP contribution in [-0.4, -0.2) is 29.5 Å². The number of rotatable bonds is 12. The van der Waals surface area contributed by atoms with Gasteiger partial charge >= 0.3 is 17.9 Å². The van der Waals surface area contributed by atoms with Gasteiger partial charge in [0.25, 0.3) is 0 Å². The van der Waals surface area contributed by atoms with Gasteiger partial charge in [0, 0.05) is 0 Å². The monoisotopic (exact) mass is 492 g/mol. The summed E-state index contributed by atoms with van der Waals surface area (Å²) in [5.74, 6) is -2.02. The first-order valence-corrected chi connectivity index (χ1v) is 14.3. The van der Waals surface area contributed by atoms with Crippen molar-refractivity contribution < 1.29 is 29.1 Å². The summed E-state index contributed by atoms with van der Waals surface area (Å²) in [6.07, 6.45) is 0. The van der Waals surface area contributed by atoms with Crippen molar-refractivity contribution in [2.75, 3.05) is 0 Å². The van der Waals surface area contributed by atoms with Gasteiger partial charge in [-0.25, -0.2) is 29.1 Å². The van der Waals surface area contributed by atoms with E-state index in [1.165, 1.54) is 0 Å². The number of carbonyl (C=O) groups excluding carboxylic acids is 2. The van der Waals surface area contributed by atoms with Crippen molar-refractivity contribution in [2.45, 2.75) is 13.8 Å². The molecule has 0 radical (unpaired) electrons. The molecular weight excluding hydrogens is 464 g/mol. The molecule has 0 aliphatic heterocycles. The van der Waals surface area contributed by atoms with Gasteiger partial charge in [-0.05, 0) is 42.9 Å². The van der Waals surface area contributed by atoms with Crippen LogP contribution in [-0.2, 0) is 19.6 Å². The quantitative estimate of drug-likeness (QED) is 0.196. The Kier molecular flexibility index (Phi) is 9.60. The van der Waals surface area contributed by atoms with Gasteiger partial charge in [0.2, 0.25) is 0 Å². The van der Waals surface area contributed by atoms with Crippen molar-refractivity contribution in [2.24, 2.45) is 0 Å². The van der Waals surface area contributed by atoms with Crippen LogP contribution >= 0.6 is 0 Å². The highest BCUT2D eigenvalue weighted by atomic mass is 28.3. The van der Waals surface area contributed by atoms with E-state index in [2.05, 4.69) is 32.9 Å². The van der Waals surface area contributed by atoms with E-state index < -0.39 is 35.5 Å². The Bertz CT molecular complexity index is 1030. The van der Waals surface area contributed by atoms with Gasteiger partial charge in [0.05, 0.1) is 11.1 Å². The van der Waals surface area contributed by atoms with Crippen molar-refractivity contribution in [1.82, 2.24) is 0 Å². The highest BCUT2D eigenvalue weighted by molar-refractivity contribution is 6.83. The molecule has 0 aliphatic carbocycles. The maximum absolute atomic E-state index is 12.6. The minimum Gasteiger partial charge on any atom is -0.243 e. The summed E-state index contributed by atoms with van der Waals surface area (Å²) in [6, 6.07) is 10.6. The second-order valence-electron chi connectivity index (χ2n) is 7.46. The van der Waals surface area contributed by atoms with Crippen molar-refractivity contribution in [3.05, 3.63) is 120 Å². The summed E-state index contributed by atoms with van der Waals surface area (Å²) in [5.41, 5.74) is 9.81. The fourth-order valence-corrected chi connectivity index (χ4v) is 6.72. The van der Waals surface area contributed by atoms with Crippen molar-refractivity contribution in [1.29, 1.82) is 0 Å². The lowest BCUT2D eigenvalue weighted by Crippen LogP contribution is -2.33. The lowest BCUT2D eigenvalue weighted by Gasteiger charge is -2.14. The molecule has 0 aromatic heterocycles. The molecule has 0 heterocycles. The average Bonchev–Trinajstić information content (AvgIpc) is 2.83. The molecule has 0 atom stereocenters. The highest BCUT2D eigenvalue weighted by Gasteiger charge is 2.22. The molecule has 0 aliphatic rings. The normalized spacial score (nSPS) is 10.2. The second-order valence-corrected chi connectivity index (χ2v) is 12.7. The zero-order valence-corrected chi connectivity index (χ0v) is 21.7. The zero-order chi connectivity index (χ0) is 25.3. The lowest BCUT2D eigenvalue weighted by atomic mass is 10.1. The third-order valence-electron chi connectivity index (χ3n) is 5.01. The molecule has 34 heavy (non-hydrogen) atoms. The summed E-state index contributed by atoms with van der Waals surface area (Å²) in [5, 5.41) is 1.60. The molecule has 0 amide bonds. The van der Waals surface area contributed by atoms with Gasteiger partial charge in [-0.1, -0.05) is 58.2 Å². The molecule has 0 unspecified atom stereocenters. The first-order chi connectivity index (χ1) is 16.2. The Labute approximate surface area is 203 Å². The Morgan fingerprint density at radius 2 is 1.03 bits per heavy atom. The smallest absolute Gasteiger partial charge is 0.243 e. The first-order valence-electron chi connectivity index (χ1n) is 10.4. The minimum absolute atomic E-state index is 0.320. The van der Waals surface area contributed by atoms with Crippen LogP contribution in [0.2, 0.25) is 0 Å². The Morgan fingerprint density at radius 3 is 1.35 bits per heavy atom. The molecule has 0 saturated heterocycles. The van der Waals surface area contributed by atoms with Gasteiger partial charge in [-0.2, -0.15) is 0 Å². The van der Waals surface area contributed by atoms with E-state index in [0.717, 1.165) is 21.5 Å². The standard InChI is InChI=1S/C26H28O6Si2/c1-8-33(9-2)23-16-18(5)12-14-21(23)25(27)31-29-20(7)30-32-26(28)22-15-13-19(6)17-24(22)34(10-3)11-4/h8-17,33-34H,1-4,7H2,5-6H3. The Morgan fingerprint density at radius 1 is 0.676 bits per heavy atom. The highest BCUT2D eigenvalue weighted by Crippen LogP contribution is 2.11. The molecule has 2 aromatic carbocycles. The number of benzene rings is 2. The van der Waals surface area contributed by atoms with Crippen LogP contribution in [0.5, 0.6) is 0 Å². The van der Waals surface area contributed by atoms with Crippen molar-refractivity contribution in [3.63, 3.8) is 0 Å². The summed E-state index contributed by atoms with van der Waals surface area (Å²) in [6.45, 7) is 22.6. The molecule has 6 nitrogen and oxygen atoms in total. The predicted molar refractivity (Wildman–Crippen MR) is 139 cm³/mol. The fraction of sp³-hybridized carbons (Fsp3) is 0.0769. The topological polar surface area (TPSA) is 71.1 Å². The second kappa shape index (κ2) is 12.4. The van der Waals surface area contributed by atoms with Gasteiger partial charge in [-0.15, -0.1) is 26.3 Å². The number of hydrogen-bond acceptors (Lipinski definition) is 6. The van der Waals surface area contributed by atoms with Crippen molar-refractivity contribution >= 4 is 39.9 Å². The van der Waals surface area contributed by atoms with E-state index in [0.29, 0.717) is 11.1 Å². The molecule has 0 saturated carbocycles. The van der Waals surface area contributed by atoms with Crippen LogP contribution in [0.1, 0.15) is 31.8 Å². The van der Waals surface area contributed by atoms with E-state index in [4.69, 9.17) is 19.6 Å². The van der Waals surface area contributed by atoms with Gasteiger partial charge in [0.15, 0.2) is 0 Å². The van der Waals surface area contributed by atoms with Gasteiger partial charge in [-0.3, -0.25) is 0 Å². The average molecular weight is 493 g/mol. The van der Waals surface area contributed by atoms with Crippen LogP contribution < -0.4 is 10.4 Å². The number of carbonyl (C=O) groups is 2.